The molecule has 6 nitrogen and oxygen atoms in total. The first-order chi connectivity index (χ1) is 12.5. The van der Waals surface area contributed by atoms with Gasteiger partial charge in [0.1, 0.15) is 0 Å². The van der Waals surface area contributed by atoms with Crippen molar-refractivity contribution < 1.29 is 9.59 Å². The molecule has 1 N–H and O–H groups in total. The number of hydrogen-bond donors (Lipinski definition) is 1. The normalized spacial score (nSPS) is 24.8. The third-order valence-electron chi connectivity index (χ3n) is 5.84. The van der Waals surface area contributed by atoms with Crippen molar-refractivity contribution in [2.75, 3.05) is 19.6 Å². The van der Waals surface area contributed by atoms with Gasteiger partial charge in [0, 0.05) is 44.1 Å². The first-order valence-electron chi connectivity index (χ1n) is 9.10. The van der Waals surface area contributed by atoms with Crippen molar-refractivity contribution in [2.24, 2.45) is 11.8 Å². The zero-order valence-corrected chi connectivity index (χ0v) is 15.4. The van der Waals surface area contributed by atoms with Crippen LogP contribution in [0.3, 0.4) is 0 Å². The molecule has 0 bridgehead atoms. The van der Waals surface area contributed by atoms with Crippen LogP contribution in [0.5, 0.6) is 0 Å². The number of nitrogens with zero attached hydrogens (tertiary/aromatic N) is 3. The van der Waals surface area contributed by atoms with E-state index < -0.39 is 0 Å². The molecular weight excluding hydrogens is 328 g/mol. The fraction of sp³-hybridized carbons (Fsp3) is 0.450. The van der Waals surface area contributed by atoms with Crippen LogP contribution in [0, 0.1) is 25.7 Å². The van der Waals surface area contributed by atoms with Gasteiger partial charge in [0.05, 0.1) is 17.3 Å². The van der Waals surface area contributed by atoms with E-state index in [1.807, 2.05) is 41.8 Å². The van der Waals surface area contributed by atoms with Crippen LogP contribution in [-0.4, -0.2) is 51.4 Å². The number of nitrogens with one attached hydrogen (secondary N) is 1. The standard InChI is InChI=1S/C20H24N4O2/c1-12-18(13(2)22-21-12)20(26)23-9-16-10-24(14(3)25)19(17(16)11-23)15-7-5-4-6-8-15/h4-8,16-17,19H,9-11H2,1-3H3,(H,21,22)/t16-,17-,19+/m1/s1. The van der Waals surface area contributed by atoms with Crippen molar-refractivity contribution in [3.8, 4) is 0 Å². The highest BCUT2D eigenvalue weighted by Crippen LogP contribution is 2.45. The first-order valence-corrected chi connectivity index (χ1v) is 9.10. The molecule has 2 saturated heterocycles. The molecule has 2 fully saturated rings. The molecule has 2 aliphatic rings. The van der Waals surface area contributed by atoms with Crippen molar-refractivity contribution in [1.82, 2.24) is 20.0 Å². The lowest BCUT2D eigenvalue weighted by atomic mass is 9.89. The second-order valence-electron chi connectivity index (χ2n) is 7.47. The summed E-state index contributed by atoms with van der Waals surface area (Å²) in [5, 5.41) is 7.05. The van der Waals surface area contributed by atoms with Crippen LogP contribution in [0.25, 0.3) is 0 Å². The molecule has 136 valence electrons. The molecule has 2 aliphatic heterocycles. The van der Waals surface area contributed by atoms with E-state index in [0.29, 0.717) is 31.1 Å². The van der Waals surface area contributed by atoms with Crippen LogP contribution in [-0.2, 0) is 4.79 Å². The number of carbonyl (C=O) groups excluding carboxylic acids is 2. The average molecular weight is 352 g/mol. The molecule has 26 heavy (non-hydrogen) atoms. The molecule has 1 aromatic carbocycles. The van der Waals surface area contributed by atoms with Gasteiger partial charge in [-0.05, 0) is 19.4 Å². The Bertz CT molecular complexity index is 825. The average Bonchev–Trinajstić information content (AvgIpc) is 3.27. The van der Waals surface area contributed by atoms with Crippen LogP contribution in [0.15, 0.2) is 30.3 Å². The van der Waals surface area contributed by atoms with Crippen LogP contribution in [0.2, 0.25) is 0 Å². The summed E-state index contributed by atoms with van der Waals surface area (Å²) in [6.07, 6.45) is 0. The second kappa shape index (κ2) is 6.27. The Kier molecular flexibility index (Phi) is 4.05. The highest BCUT2D eigenvalue weighted by molar-refractivity contribution is 5.96. The SMILES string of the molecule is CC(=O)N1C[C@H]2CN(C(=O)c3c(C)n[nH]c3C)C[C@H]2[C@@H]1c1ccccc1. The van der Waals surface area contributed by atoms with Gasteiger partial charge in [0.2, 0.25) is 5.91 Å². The van der Waals surface area contributed by atoms with Crippen LogP contribution >= 0.6 is 0 Å². The van der Waals surface area contributed by atoms with Crippen molar-refractivity contribution >= 4 is 11.8 Å². The fourth-order valence-corrected chi connectivity index (χ4v) is 4.64. The summed E-state index contributed by atoms with van der Waals surface area (Å²) in [7, 11) is 0. The summed E-state index contributed by atoms with van der Waals surface area (Å²) in [5.41, 5.74) is 3.40. The van der Waals surface area contributed by atoms with Gasteiger partial charge in [-0.1, -0.05) is 30.3 Å². The molecule has 4 rings (SSSR count). The largest absolute Gasteiger partial charge is 0.338 e. The Morgan fingerprint density at radius 1 is 1.12 bits per heavy atom. The molecule has 3 atom stereocenters. The third kappa shape index (κ3) is 2.60. The van der Waals surface area contributed by atoms with E-state index in [9.17, 15) is 9.59 Å². The number of fused-ring (bicyclic) bond motifs is 1. The van der Waals surface area contributed by atoms with Crippen molar-refractivity contribution in [2.45, 2.75) is 26.8 Å². The maximum absolute atomic E-state index is 13.0. The van der Waals surface area contributed by atoms with Gasteiger partial charge in [-0.15, -0.1) is 0 Å². The zero-order chi connectivity index (χ0) is 18.4. The number of aryl methyl sites for hydroxylation is 2. The second-order valence-corrected chi connectivity index (χ2v) is 7.47. The van der Waals surface area contributed by atoms with E-state index >= 15 is 0 Å². The van der Waals surface area contributed by atoms with Crippen molar-refractivity contribution in [1.29, 1.82) is 0 Å². The number of amides is 2. The Labute approximate surface area is 153 Å². The summed E-state index contributed by atoms with van der Waals surface area (Å²) in [4.78, 5) is 29.1. The maximum Gasteiger partial charge on any atom is 0.257 e. The molecule has 2 aromatic rings. The highest BCUT2D eigenvalue weighted by atomic mass is 16.2. The number of hydrogen-bond acceptors (Lipinski definition) is 3. The third-order valence-corrected chi connectivity index (χ3v) is 5.84. The van der Waals surface area contributed by atoms with E-state index in [1.165, 1.54) is 0 Å². The summed E-state index contributed by atoms with van der Waals surface area (Å²) >= 11 is 0. The number of likely N-dealkylation sites (tertiary alicyclic amines) is 2. The molecule has 0 spiro atoms. The molecule has 3 heterocycles. The molecule has 0 radical (unpaired) electrons. The number of aromatic nitrogens is 2. The minimum absolute atomic E-state index is 0.0445. The van der Waals surface area contributed by atoms with E-state index in [-0.39, 0.29) is 23.8 Å². The molecule has 6 heteroatoms. The smallest absolute Gasteiger partial charge is 0.257 e. The minimum Gasteiger partial charge on any atom is -0.338 e. The minimum atomic E-state index is 0.0445. The van der Waals surface area contributed by atoms with Crippen LogP contribution in [0.1, 0.15) is 40.3 Å². The number of aromatic amines is 1. The van der Waals surface area contributed by atoms with E-state index in [1.54, 1.807) is 6.92 Å². The van der Waals surface area contributed by atoms with E-state index in [0.717, 1.165) is 17.0 Å². The Morgan fingerprint density at radius 2 is 1.85 bits per heavy atom. The number of H-pyrrole nitrogens is 1. The zero-order valence-electron chi connectivity index (χ0n) is 15.4. The monoisotopic (exact) mass is 352 g/mol. The number of benzene rings is 1. The molecule has 2 amide bonds. The maximum atomic E-state index is 13.0. The van der Waals surface area contributed by atoms with Crippen molar-refractivity contribution in [3.05, 3.63) is 52.8 Å². The van der Waals surface area contributed by atoms with Gasteiger partial charge in [-0.2, -0.15) is 5.10 Å². The topological polar surface area (TPSA) is 69.3 Å². The Hall–Kier alpha value is -2.63. The Balaban J connectivity index is 1.61. The molecular formula is C20H24N4O2. The molecule has 0 unspecified atom stereocenters. The number of rotatable bonds is 2. The van der Waals surface area contributed by atoms with E-state index in [4.69, 9.17) is 0 Å². The lowest BCUT2D eigenvalue weighted by molar-refractivity contribution is -0.130. The molecule has 1 aromatic heterocycles. The van der Waals surface area contributed by atoms with Gasteiger partial charge in [-0.25, -0.2) is 0 Å². The summed E-state index contributed by atoms with van der Waals surface area (Å²) in [6.45, 7) is 7.47. The Morgan fingerprint density at radius 3 is 2.46 bits per heavy atom. The summed E-state index contributed by atoms with van der Waals surface area (Å²) < 4.78 is 0. The summed E-state index contributed by atoms with van der Waals surface area (Å²) in [6, 6.07) is 10.2. The quantitative estimate of drug-likeness (QED) is 0.902. The lowest BCUT2D eigenvalue weighted by Crippen LogP contribution is -2.36. The van der Waals surface area contributed by atoms with Crippen LogP contribution < -0.4 is 0 Å². The van der Waals surface area contributed by atoms with Gasteiger partial charge < -0.3 is 9.80 Å². The van der Waals surface area contributed by atoms with Gasteiger partial charge in [0.15, 0.2) is 0 Å². The fourth-order valence-electron chi connectivity index (χ4n) is 4.64. The predicted molar refractivity (Wildman–Crippen MR) is 97.5 cm³/mol. The van der Waals surface area contributed by atoms with E-state index in [2.05, 4.69) is 22.3 Å². The van der Waals surface area contributed by atoms with Gasteiger partial charge in [-0.3, -0.25) is 14.7 Å². The highest BCUT2D eigenvalue weighted by Gasteiger charge is 2.49. The lowest BCUT2D eigenvalue weighted by Gasteiger charge is -2.29. The molecule has 0 saturated carbocycles. The van der Waals surface area contributed by atoms with Gasteiger partial charge in [0.25, 0.3) is 5.91 Å². The molecule has 0 aliphatic carbocycles. The summed E-state index contributed by atoms with van der Waals surface area (Å²) in [5.74, 6) is 0.746. The number of carbonyl (C=O) groups is 2. The first kappa shape index (κ1) is 16.8. The predicted octanol–water partition coefficient (Wildman–Crippen LogP) is 2.32. The van der Waals surface area contributed by atoms with Crippen molar-refractivity contribution in [3.63, 3.8) is 0 Å². The van der Waals surface area contributed by atoms with Gasteiger partial charge >= 0.3 is 0 Å². The van der Waals surface area contributed by atoms with Crippen LogP contribution in [0.4, 0.5) is 0 Å².